The lowest BCUT2D eigenvalue weighted by molar-refractivity contribution is -0.265. The molecule has 1 aliphatic carbocycles. The molecule has 0 aromatic heterocycles. The Balaban J connectivity index is 2.06. The highest BCUT2D eigenvalue weighted by Gasteiger charge is 2.58. The molecule has 8 N–H and O–H groups in total. The molecule has 2 aromatic carbocycles. The minimum atomic E-state index is -2.48. The Hall–Kier alpha value is -2.73. The van der Waals surface area contributed by atoms with E-state index in [1.54, 1.807) is 6.92 Å². The zero-order valence-corrected chi connectivity index (χ0v) is 16.3. The molecule has 2 aromatic rings. The maximum atomic E-state index is 13.1. The van der Waals surface area contributed by atoms with Crippen LogP contribution in [0.15, 0.2) is 24.3 Å². The number of hydrogen-bond acceptors (Lipinski definition) is 10. The summed E-state index contributed by atoms with van der Waals surface area (Å²) in [6.07, 6.45) is -8.59. The normalized spacial score (nSPS) is 32.5. The Morgan fingerprint density at radius 3 is 2.10 bits per heavy atom. The van der Waals surface area contributed by atoms with Crippen LogP contribution >= 0.6 is 0 Å². The van der Waals surface area contributed by atoms with Crippen molar-refractivity contribution in [3.63, 3.8) is 0 Å². The highest BCUT2D eigenvalue weighted by molar-refractivity contribution is 6.16. The van der Waals surface area contributed by atoms with Gasteiger partial charge in [0.15, 0.2) is 0 Å². The van der Waals surface area contributed by atoms with Crippen LogP contribution in [0.4, 0.5) is 0 Å². The molecule has 1 saturated heterocycles. The van der Waals surface area contributed by atoms with Gasteiger partial charge in [-0.25, -0.2) is 0 Å². The fraction of sp³-hybridized carbons (Fsp3) is 0.381. The van der Waals surface area contributed by atoms with E-state index in [2.05, 4.69) is 0 Å². The summed E-state index contributed by atoms with van der Waals surface area (Å²) in [5.41, 5.74) is -3.39. The zero-order chi connectivity index (χ0) is 22.8. The average Bonchev–Trinajstić information content (AvgIpc) is 2.69. The number of phenolic OH excluding ortho intramolecular Hbond substituents is 3. The molecule has 4 rings (SSSR count). The van der Waals surface area contributed by atoms with Crippen LogP contribution in [-0.2, 0) is 10.3 Å². The van der Waals surface area contributed by atoms with Crippen LogP contribution in [0.3, 0.4) is 0 Å². The highest BCUT2D eigenvalue weighted by atomic mass is 16.6. The minimum absolute atomic E-state index is 0.197. The lowest BCUT2D eigenvalue weighted by Crippen LogP contribution is -2.65. The van der Waals surface area contributed by atoms with Crippen molar-refractivity contribution in [3.8, 4) is 17.2 Å². The first-order valence-corrected chi connectivity index (χ1v) is 9.50. The number of carbonyl (C=O) groups is 1. The van der Waals surface area contributed by atoms with Gasteiger partial charge in [-0.1, -0.05) is 6.07 Å². The minimum Gasteiger partial charge on any atom is -0.508 e. The fourth-order valence-electron chi connectivity index (χ4n) is 4.48. The van der Waals surface area contributed by atoms with Crippen LogP contribution < -0.4 is 0 Å². The monoisotopic (exact) mass is 434 g/mol. The van der Waals surface area contributed by atoms with E-state index in [0.717, 1.165) is 12.1 Å². The number of phenols is 3. The van der Waals surface area contributed by atoms with E-state index in [9.17, 15) is 45.6 Å². The predicted octanol–water partition coefficient (Wildman–Crippen LogP) is -1.27. The SMILES string of the molecule is Cc1cc(O)c2c(c1)[C@](O)([C@@H]1O[C@H](CO)[C@@H](O)[C@H](O)[C@H]1O)c1cc(O)cc(O)c1C2=O. The van der Waals surface area contributed by atoms with Gasteiger partial charge >= 0.3 is 0 Å². The van der Waals surface area contributed by atoms with Gasteiger partial charge in [-0.3, -0.25) is 4.79 Å². The van der Waals surface area contributed by atoms with Gasteiger partial charge in [-0.05, 0) is 24.6 Å². The lowest BCUT2D eigenvalue weighted by atomic mass is 9.68. The van der Waals surface area contributed by atoms with Gasteiger partial charge in [0.2, 0.25) is 5.78 Å². The number of hydrogen-bond donors (Lipinski definition) is 8. The van der Waals surface area contributed by atoms with Gasteiger partial charge in [0.05, 0.1) is 17.7 Å². The van der Waals surface area contributed by atoms with Crippen LogP contribution in [0.2, 0.25) is 0 Å². The summed E-state index contributed by atoms with van der Waals surface area (Å²) in [5, 5.41) is 83.4. The van der Waals surface area contributed by atoms with Crippen LogP contribution in [0.1, 0.15) is 32.6 Å². The average molecular weight is 434 g/mol. The van der Waals surface area contributed by atoms with Crippen molar-refractivity contribution >= 4 is 5.78 Å². The summed E-state index contributed by atoms with van der Waals surface area (Å²) >= 11 is 0. The van der Waals surface area contributed by atoms with Gasteiger partial charge in [0, 0.05) is 17.2 Å². The lowest BCUT2D eigenvalue weighted by Gasteiger charge is -2.49. The second-order valence-electron chi connectivity index (χ2n) is 7.94. The topological polar surface area (TPSA) is 188 Å². The van der Waals surface area contributed by atoms with Gasteiger partial charge in [-0.15, -0.1) is 0 Å². The van der Waals surface area contributed by atoms with E-state index in [1.807, 2.05) is 0 Å². The van der Waals surface area contributed by atoms with Crippen molar-refractivity contribution in [2.75, 3.05) is 6.61 Å². The Labute approximate surface area is 175 Å². The largest absolute Gasteiger partial charge is 0.508 e. The zero-order valence-electron chi connectivity index (χ0n) is 16.3. The van der Waals surface area contributed by atoms with Crippen LogP contribution in [0.5, 0.6) is 17.2 Å². The molecule has 0 saturated carbocycles. The first kappa shape index (κ1) is 21.5. The van der Waals surface area contributed by atoms with Crippen LogP contribution in [0.25, 0.3) is 0 Å². The summed E-state index contributed by atoms with van der Waals surface area (Å²) < 4.78 is 5.57. The molecule has 166 valence electrons. The first-order valence-electron chi connectivity index (χ1n) is 9.50. The molecule has 10 heteroatoms. The van der Waals surface area contributed by atoms with E-state index in [1.165, 1.54) is 12.1 Å². The molecule has 2 aliphatic rings. The quantitative estimate of drug-likeness (QED) is 0.283. The molecule has 1 heterocycles. The number of fused-ring (bicyclic) bond motifs is 2. The maximum absolute atomic E-state index is 13.1. The van der Waals surface area contributed by atoms with E-state index >= 15 is 0 Å². The number of aryl methyl sites for hydroxylation is 1. The van der Waals surface area contributed by atoms with E-state index in [-0.39, 0.29) is 16.7 Å². The smallest absolute Gasteiger partial charge is 0.201 e. The molecule has 31 heavy (non-hydrogen) atoms. The number of aliphatic hydroxyl groups excluding tert-OH is 4. The second kappa shape index (κ2) is 7.16. The van der Waals surface area contributed by atoms with Crippen LogP contribution in [0, 0.1) is 6.92 Å². The molecule has 10 nitrogen and oxygen atoms in total. The Kier molecular flexibility index (Phi) is 4.97. The van der Waals surface area contributed by atoms with Crippen molar-refractivity contribution in [2.45, 2.75) is 43.0 Å². The second-order valence-corrected chi connectivity index (χ2v) is 7.94. The molecule has 1 aliphatic heterocycles. The third-order valence-corrected chi connectivity index (χ3v) is 5.94. The van der Waals surface area contributed by atoms with Crippen LogP contribution in [-0.4, -0.2) is 83.8 Å². The molecule has 0 unspecified atom stereocenters. The Bertz CT molecular complexity index is 1000. The molecule has 1 fully saturated rings. The Morgan fingerprint density at radius 2 is 1.48 bits per heavy atom. The van der Waals surface area contributed by atoms with Crippen molar-refractivity contribution < 1.29 is 50.4 Å². The van der Waals surface area contributed by atoms with Crippen molar-refractivity contribution in [1.82, 2.24) is 0 Å². The van der Waals surface area contributed by atoms with E-state index < -0.39 is 71.3 Å². The summed E-state index contributed by atoms with van der Waals surface area (Å²) in [7, 11) is 0. The molecule has 0 bridgehead atoms. The van der Waals surface area contributed by atoms with Gasteiger partial charge in [0.1, 0.15) is 53.4 Å². The summed E-state index contributed by atoms with van der Waals surface area (Å²) in [6, 6.07) is 4.50. The molecular weight excluding hydrogens is 412 g/mol. The summed E-state index contributed by atoms with van der Waals surface area (Å²) in [4.78, 5) is 13.1. The summed E-state index contributed by atoms with van der Waals surface area (Å²) in [6.45, 7) is 0.814. The first-order chi connectivity index (χ1) is 14.5. The van der Waals surface area contributed by atoms with E-state index in [0.29, 0.717) is 5.56 Å². The molecule has 6 atom stereocenters. The number of ether oxygens (including phenoxy) is 1. The summed E-state index contributed by atoms with van der Waals surface area (Å²) in [5.74, 6) is -2.53. The number of rotatable bonds is 2. The number of benzene rings is 2. The van der Waals surface area contributed by atoms with Crippen molar-refractivity contribution in [2.24, 2.45) is 0 Å². The maximum Gasteiger partial charge on any atom is 0.201 e. The molecule has 0 spiro atoms. The third kappa shape index (κ3) is 2.92. The van der Waals surface area contributed by atoms with Crippen molar-refractivity contribution in [3.05, 3.63) is 52.1 Å². The van der Waals surface area contributed by atoms with E-state index in [4.69, 9.17) is 4.74 Å². The third-order valence-electron chi connectivity index (χ3n) is 5.94. The number of aromatic hydroxyl groups is 3. The number of carbonyl (C=O) groups excluding carboxylic acids is 1. The Morgan fingerprint density at radius 1 is 0.903 bits per heavy atom. The standard InChI is InChI=1S/C21H22O10/c1-7-2-9-14(11(24)3-7)17(27)15-10(4-8(23)5-12(15)25)21(9,30)20-19(29)18(28)16(26)13(6-22)31-20/h2-5,13,16,18-20,22-26,28-30H,6H2,1H3/t13-,16-,18+,19-,20-,21-/m1/s1. The number of ketones is 1. The van der Waals surface area contributed by atoms with Gasteiger partial charge < -0.3 is 45.6 Å². The van der Waals surface area contributed by atoms with Gasteiger partial charge in [0.25, 0.3) is 0 Å². The number of aliphatic hydroxyl groups is 5. The van der Waals surface area contributed by atoms with Gasteiger partial charge in [-0.2, -0.15) is 0 Å². The molecular formula is C21H22O10. The molecule has 0 radical (unpaired) electrons. The molecule has 0 amide bonds. The predicted molar refractivity (Wildman–Crippen MR) is 103 cm³/mol. The highest BCUT2D eigenvalue weighted by Crippen LogP contribution is 2.51. The van der Waals surface area contributed by atoms with Crippen molar-refractivity contribution in [1.29, 1.82) is 0 Å². The fourth-order valence-corrected chi connectivity index (χ4v) is 4.48.